The molecule has 0 aromatic heterocycles. The molecule has 0 N–H and O–H groups in total. The number of benzene rings is 1. The second kappa shape index (κ2) is 1.90. The molecule has 1 saturated carbocycles. The van der Waals surface area contributed by atoms with Crippen LogP contribution < -0.4 is 0 Å². The Balaban J connectivity index is 2.10. The molecule has 1 aromatic rings. The summed E-state index contributed by atoms with van der Waals surface area (Å²) in [5, 5.41) is 0. The topological polar surface area (TPSA) is 12.4 Å². The lowest BCUT2D eigenvalue weighted by Gasteiger charge is -2.20. The smallest absolute Gasteiger partial charge is 0.0646 e. The first-order chi connectivity index (χ1) is 6.91. The summed E-state index contributed by atoms with van der Waals surface area (Å²) in [5.74, 6) is 0. The Hall–Kier alpha value is -1.63. The van der Waals surface area contributed by atoms with Crippen LogP contribution in [0.4, 0.5) is 0 Å². The molecule has 1 fully saturated rings. The van der Waals surface area contributed by atoms with E-state index in [1.165, 1.54) is 28.8 Å². The summed E-state index contributed by atoms with van der Waals surface area (Å²) >= 11 is 0. The van der Waals surface area contributed by atoms with E-state index >= 15 is 0 Å². The highest BCUT2D eigenvalue weighted by Gasteiger charge is 2.57. The third-order valence-corrected chi connectivity index (χ3v) is 3.52. The monoisotopic (exact) mass is 179 g/mol. The van der Waals surface area contributed by atoms with E-state index in [0.717, 1.165) is 0 Å². The van der Waals surface area contributed by atoms with Gasteiger partial charge in [-0.1, -0.05) is 30.3 Å². The van der Waals surface area contributed by atoms with Crippen LogP contribution in [0.3, 0.4) is 0 Å². The lowest BCUT2D eigenvalue weighted by Crippen LogP contribution is -2.21. The van der Waals surface area contributed by atoms with E-state index in [0.29, 0.717) is 0 Å². The molecule has 14 heavy (non-hydrogen) atoms. The van der Waals surface area contributed by atoms with Gasteiger partial charge in [-0.05, 0) is 29.2 Å². The molecule has 4 rings (SSSR count). The standard InChI is InChI=1S/C13H9N/c1-2-4-11-9(3-1)5-6-12-13(11)7-10(13)8-14-12/h1-6,8H,7H2. The van der Waals surface area contributed by atoms with Crippen LogP contribution in [0.15, 0.2) is 47.1 Å². The molecule has 1 aromatic carbocycles. The van der Waals surface area contributed by atoms with Crippen LogP contribution >= 0.6 is 0 Å². The molecule has 0 amide bonds. The third kappa shape index (κ3) is 0.559. The van der Waals surface area contributed by atoms with Gasteiger partial charge in [-0.3, -0.25) is 4.99 Å². The summed E-state index contributed by atoms with van der Waals surface area (Å²) in [6.45, 7) is 0. The van der Waals surface area contributed by atoms with Crippen molar-refractivity contribution in [1.82, 2.24) is 0 Å². The van der Waals surface area contributed by atoms with E-state index < -0.39 is 0 Å². The Morgan fingerprint density at radius 1 is 1.14 bits per heavy atom. The minimum atomic E-state index is 0.214. The van der Waals surface area contributed by atoms with Crippen molar-refractivity contribution in [3.8, 4) is 0 Å². The first kappa shape index (κ1) is 6.77. The summed E-state index contributed by atoms with van der Waals surface area (Å²) in [6, 6.07) is 8.65. The molecular weight excluding hydrogens is 170 g/mol. The highest BCUT2D eigenvalue weighted by molar-refractivity contribution is 6.16. The summed E-state index contributed by atoms with van der Waals surface area (Å²) in [7, 11) is 0. The number of rotatable bonds is 0. The molecule has 1 heterocycles. The second-order valence-corrected chi connectivity index (χ2v) is 4.17. The molecule has 1 heteroatoms. The van der Waals surface area contributed by atoms with Gasteiger partial charge in [-0.25, -0.2) is 0 Å². The maximum Gasteiger partial charge on any atom is 0.0646 e. The Kier molecular flexibility index (Phi) is 0.919. The molecule has 1 nitrogen and oxygen atoms in total. The van der Waals surface area contributed by atoms with Crippen molar-refractivity contribution < 1.29 is 0 Å². The highest BCUT2D eigenvalue weighted by Crippen LogP contribution is 2.60. The zero-order valence-electron chi connectivity index (χ0n) is 7.70. The van der Waals surface area contributed by atoms with Crippen LogP contribution in [0.25, 0.3) is 6.08 Å². The maximum absolute atomic E-state index is 4.45. The predicted octanol–water partition coefficient (Wildman–Crippen LogP) is 2.69. The van der Waals surface area contributed by atoms with E-state index in [2.05, 4.69) is 41.4 Å². The molecule has 1 aliphatic heterocycles. The Bertz CT molecular complexity index is 534. The van der Waals surface area contributed by atoms with Gasteiger partial charge in [-0.15, -0.1) is 0 Å². The zero-order chi connectivity index (χ0) is 9.17. The number of hydrogen-bond acceptors (Lipinski definition) is 1. The van der Waals surface area contributed by atoms with Crippen LogP contribution in [0.5, 0.6) is 0 Å². The summed E-state index contributed by atoms with van der Waals surface area (Å²) < 4.78 is 0. The van der Waals surface area contributed by atoms with Gasteiger partial charge in [0, 0.05) is 6.20 Å². The average molecular weight is 179 g/mol. The fourth-order valence-electron chi connectivity index (χ4n) is 2.70. The van der Waals surface area contributed by atoms with Crippen LogP contribution in [0, 0.1) is 0 Å². The van der Waals surface area contributed by atoms with E-state index in [1.54, 1.807) is 0 Å². The molecule has 0 bridgehead atoms. The fourth-order valence-corrected chi connectivity index (χ4v) is 2.70. The Labute approximate surface area is 82.5 Å². The van der Waals surface area contributed by atoms with Crippen molar-refractivity contribution in [2.24, 2.45) is 4.99 Å². The van der Waals surface area contributed by atoms with Crippen LogP contribution in [0.2, 0.25) is 0 Å². The van der Waals surface area contributed by atoms with Crippen molar-refractivity contribution >= 4 is 11.8 Å². The summed E-state index contributed by atoms with van der Waals surface area (Å²) in [4.78, 5) is 4.45. The summed E-state index contributed by atoms with van der Waals surface area (Å²) in [6.07, 6.45) is 7.57. The molecule has 1 atom stereocenters. The molecule has 0 saturated heterocycles. The quantitative estimate of drug-likeness (QED) is 0.580. The second-order valence-electron chi connectivity index (χ2n) is 4.17. The fraction of sp³-hybridized carbons (Fsp3) is 0.154. The van der Waals surface area contributed by atoms with Crippen molar-refractivity contribution in [3.05, 3.63) is 53.2 Å². The Morgan fingerprint density at radius 2 is 2.07 bits per heavy atom. The number of aliphatic imine (C=N–C) groups is 1. The maximum atomic E-state index is 4.45. The van der Waals surface area contributed by atoms with Gasteiger partial charge >= 0.3 is 0 Å². The Morgan fingerprint density at radius 3 is 3.00 bits per heavy atom. The van der Waals surface area contributed by atoms with Crippen molar-refractivity contribution in [2.45, 2.75) is 11.8 Å². The lowest BCUT2D eigenvalue weighted by atomic mass is 9.83. The SMILES string of the molecule is C1=Cc2ccccc2C23CC2=CN=C13. The third-order valence-electron chi connectivity index (χ3n) is 3.52. The number of nitrogens with zero attached hydrogens (tertiary/aromatic N) is 1. The molecule has 3 aliphatic rings. The van der Waals surface area contributed by atoms with Gasteiger partial charge in [0.15, 0.2) is 0 Å². The average Bonchev–Trinajstić information content (AvgIpc) is 2.85. The van der Waals surface area contributed by atoms with Gasteiger partial charge in [0.1, 0.15) is 0 Å². The van der Waals surface area contributed by atoms with E-state index in [1.807, 2.05) is 6.20 Å². The van der Waals surface area contributed by atoms with Gasteiger partial charge < -0.3 is 0 Å². The first-order valence-electron chi connectivity index (χ1n) is 4.97. The van der Waals surface area contributed by atoms with Crippen molar-refractivity contribution in [1.29, 1.82) is 0 Å². The van der Waals surface area contributed by atoms with Crippen molar-refractivity contribution in [3.63, 3.8) is 0 Å². The minimum absolute atomic E-state index is 0.214. The van der Waals surface area contributed by atoms with Gasteiger partial charge in [0.05, 0.1) is 11.1 Å². The van der Waals surface area contributed by atoms with Crippen LogP contribution in [-0.4, -0.2) is 5.71 Å². The van der Waals surface area contributed by atoms with E-state index in [-0.39, 0.29) is 5.41 Å². The van der Waals surface area contributed by atoms with Gasteiger partial charge in [0.2, 0.25) is 0 Å². The zero-order valence-corrected chi connectivity index (χ0v) is 7.70. The van der Waals surface area contributed by atoms with Crippen molar-refractivity contribution in [2.75, 3.05) is 0 Å². The van der Waals surface area contributed by atoms with Gasteiger partial charge in [0.25, 0.3) is 0 Å². The van der Waals surface area contributed by atoms with Crippen LogP contribution in [-0.2, 0) is 5.41 Å². The van der Waals surface area contributed by atoms with Gasteiger partial charge in [-0.2, -0.15) is 0 Å². The normalized spacial score (nSPS) is 30.0. The molecule has 1 unspecified atom stereocenters. The number of hydrogen-bond donors (Lipinski definition) is 0. The summed E-state index contributed by atoms with van der Waals surface area (Å²) in [5.41, 5.74) is 5.75. The number of allylic oxidation sites excluding steroid dienone is 2. The predicted molar refractivity (Wildman–Crippen MR) is 57.3 cm³/mol. The highest BCUT2D eigenvalue weighted by atomic mass is 14.8. The molecule has 1 spiro atoms. The minimum Gasteiger partial charge on any atom is -0.260 e. The molecular formula is C13H9N. The van der Waals surface area contributed by atoms with E-state index in [9.17, 15) is 0 Å². The molecule has 2 aliphatic carbocycles. The van der Waals surface area contributed by atoms with Crippen LogP contribution in [0.1, 0.15) is 17.5 Å². The largest absolute Gasteiger partial charge is 0.260 e. The molecule has 66 valence electrons. The van der Waals surface area contributed by atoms with E-state index in [4.69, 9.17) is 0 Å². The first-order valence-corrected chi connectivity index (χ1v) is 4.97. The lowest BCUT2D eigenvalue weighted by molar-refractivity contribution is 0.986. The molecule has 0 radical (unpaired) electrons. The number of fused-ring (bicyclic) bond motifs is 1.